The van der Waals surface area contributed by atoms with E-state index >= 15 is 0 Å². The Hall–Kier alpha value is -3.39. The van der Waals surface area contributed by atoms with E-state index in [1.54, 1.807) is 0 Å². The van der Waals surface area contributed by atoms with Crippen molar-refractivity contribution in [2.45, 2.75) is 56.7 Å². The summed E-state index contributed by atoms with van der Waals surface area (Å²) in [6.45, 7) is 2.43. The van der Waals surface area contributed by atoms with Crippen LogP contribution in [0.3, 0.4) is 0 Å². The van der Waals surface area contributed by atoms with Crippen molar-refractivity contribution in [1.29, 1.82) is 0 Å². The van der Waals surface area contributed by atoms with E-state index in [1.807, 2.05) is 31.2 Å². The molecule has 0 unspecified atom stereocenters. The monoisotopic (exact) mass is 466 g/mol. The first-order valence-corrected chi connectivity index (χ1v) is 11.7. The summed E-state index contributed by atoms with van der Waals surface area (Å²) in [5.74, 6) is -1.44. The second-order valence-electron chi connectivity index (χ2n) is 8.75. The molecule has 0 aromatic heterocycles. The second-order valence-corrected chi connectivity index (χ2v) is 8.75. The minimum absolute atomic E-state index is 0.0529. The number of rotatable bonds is 9. The summed E-state index contributed by atoms with van der Waals surface area (Å²) in [5.41, 5.74) is 4.55. The zero-order valence-corrected chi connectivity index (χ0v) is 19.2. The molecule has 3 atom stereocenters. The molecule has 3 N–H and O–H groups in total. The Kier molecular flexibility index (Phi) is 7.47. The van der Waals surface area contributed by atoms with Crippen LogP contribution in [0.4, 0.5) is 4.79 Å². The molecule has 1 heterocycles. The summed E-state index contributed by atoms with van der Waals surface area (Å²) in [6.07, 6.45) is 0.121. The van der Waals surface area contributed by atoms with Crippen molar-refractivity contribution in [3.8, 4) is 11.1 Å². The van der Waals surface area contributed by atoms with Gasteiger partial charge in [0, 0.05) is 18.6 Å². The van der Waals surface area contributed by atoms with Crippen molar-refractivity contribution in [2.24, 2.45) is 0 Å². The van der Waals surface area contributed by atoms with Gasteiger partial charge in [-0.2, -0.15) is 0 Å². The van der Waals surface area contributed by atoms with Crippen LogP contribution >= 0.6 is 0 Å². The molecule has 1 aliphatic heterocycles. The number of hydrogen-bond acceptors (Lipinski definition) is 5. The van der Waals surface area contributed by atoms with Gasteiger partial charge in [0.15, 0.2) is 6.10 Å². The highest BCUT2D eigenvalue weighted by Gasteiger charge is 2.37. The molecule has 8 nitrogen and oxygen atoms in total. The quantitative estimate of drug-likeness (QED) is 0.522. The number of alkyl carbamates (subject to hydrolysis) is 1. The van der Waals surface area contributed by atoms with Crippen molar-refractivity contribution < 1.29 is 29.0 Å². The number of carbonyl (C=O) groups is 3. The molecule has 1 fully saturated rings. The Morgan fingerprint density at radius 2 is 1.74 bits per heavy atom. The number of benzene rings is 2. The van der Waals surface area contributed by atoms with Crippen molar-refractivity contribution in [1.82, 2.24) is 10.6 Å². The van der Waals surface area contributed by atoms with Crippen molar-refractivity contribution in [3.63, 3.8) is 0 Å². The van der Waals surface area contributed by atoms with E-state index in [-0.39, 0.29) is 18.9 Å². The van der Waals surface area contributed by atoms with E-state index in [9.17, 15) is 14.4 Å². The highest BCUT2D eigenvalue weighted by atomic mass is 16.6. The summed E-state index contributed by atoms with van der Waals surface area (Å²) in [4.78, 5) is 36.4. The predicted molar refractivity (Wildman–Crippen MR) is 125 cm³/mol. The molecule has 1 aliphatic carbocycles. The Bertz CT molecular complexity index is 1010. The molecule has 2 aromatic rings. The predicted octanol–water partition coefficient (Wildman–Crippen LogP) is 3.44. The average molecular weight is 467 g/mol. The summed E-state index contributed by atoms with van der Waals surface area (Å²) in [7, 11) is 0. The number of ether oxygens (including phenoxy) is 2. The van der Waals surface area contributed by atoms with E-state index in [4.69, 9.17) is 14.6 Å². The smallest absolute Gasteiger partial charge is 0.407 e. The van der Waals surface area contributed by atoms with Gasteiger partial charge in [-0.3, -0.25) is 9.59 Å². The normalized spacial score (nSPS) is 19.7. The lowest BCUT2D eigenvalue weighted by Gasteiger charge is -2.23. The maximum absolute atomic E-state index is 12.7. The van der Waals surface area contributed by atoms with Gasteiger partial charge in [0.2, 0.25) is 0 Å². The highest BCUT2D eigenvalue weighted by molar-refractivity contribution is 5.84. The SMILES string of the molecule is CCC[C@@H](CC(=O)O)NC(=O)[C@H]1OCC[C@H]1NC(=O)OCC1c2ccccc2-c2ccccc21. The number of carbonyl (C=O) groups excluding carboxylic acids is 2. The molecule has 4 rings (SSSR count). The lowest BCUT2D eigenvalue weighted by Crippen LogP contribution is -2.51. The number of aliphatic carboxylic acids is 1. The average Bonchev–Trinajstić information content (AvgIpc) is 3.40. The molecule has 0 radical (unpaired) electrons. The van der Waals surface area contributed by atoms with E-state index in [0.29, 0.717) is 19.4 Å². The fourth-order valence-corrected chi connectivity index (χ4v) is 4.86. The van der Waals surface area contributed by atoms with Crippen molar-refractivity contribution in [3.05, 3.63) is 59.7 Å². The maximum atomic E-state index is 12.7. The maximum Gasteiger partial charge on any atom is 0.407 e. The van der Waals surface area contributed by atoms with Crippen LogP contribution in [-0.4, -0.2) is 54.5 Å². The first-order chi connectivity index (χ1) is 16.5. The molecule has 34 heavy (non-hydrogen) atoms. The van der Waals surface area contributed by atoms with E-state index < -0.39 is 36.2 Å². The minimum Gasteiger partial charge on any atom is -0.481 e. The molecular formula is C26H30N2O6. The zero-order valence-electron chi connectivity index (χ0n) is 19.2. The van der Waals surface area contributed by atoms with Crippen LogP contribution in [0.1, 0.15) is 49.7 Å². The van der Waals surface area contributed by atoms with Gasteiger partial charge in [-0.05, 0) is 35.1 Å². The van der Waals surface area contributed by atoms with Crippen LogP contribution in [-0.2, 0) is 19.1 Å². The number of carboxylic acids is 1. The van der Waals surface area contributed by atoms with Gasteiger partial charge in [-0.1, -0.05) is 61.9 Å². The Balaban J connectivity index is 1.35. The Morgan fingerprint density at radius 3 is 2.35 bits per heavy atom. The molecule has 0 spiro atoms. The standard InChI is InChI=1S/C26H30N2O6/c1-2-7-16(14-23(29)30)27-25(31)24-22(12-13-33-24)28-26(32)34-15-21-19-10-5-3-8-17(19)18-9-4-6-11-20(18)21/h3-6,8-11,16,21-22,24H,2,7,12-15H2,1H3,(H,27,31)(H,28,32)(H,29,30)/t16-,22+,24-/m0/s1. The van der Waals surface area contributed by atoms with Gasteiger partial charge >= 0.3 is 12.1 Å². The van der Waals surface area contributed by atoms with Crippen LogP contribution in [0.2, 0.25) is 0 Å². The van der Waals surface area contributed by atoms with Crippen LogP contribution in [0.5, 0.6) is 0 Å². The van der Waals surface area contributed by atoms with Gasteiger partial charge < -0.3 is 25.2 Å². The molecule has 180 valence electrons. The minimum atomic E-state index is -0.973. The largest absolute Gasteiger partial charge is 0.481 e. The molecule has 8 heteroatoms. The fraction of sp³-hybridized carbons (Fsp3) is 0.423. The summed E-state index contributed by atoms with van der Waals surface area (Å²) in [5, 5.41) is 14.6. The first-order valence-electron chi connectivity index (χ1n) is 11.7. The van der Waals surface area contributed by atoms with E-state index in [2.05, 4.69) is 34.9 Å². The van der Waals surface area contributed by atoms with E-state index in [0.717, 1.165) is 28.7 Å². The first kappa shape index (κ1) is 23.8. The van der Waals surface area contributed by atoms with Gasteiger partial charge in [0.1, 0.15) is 6.61 Å². The number of nitrogens with one attached hydrogen (secondary N) is 2. The molecule has 2 amide bonds. The van der Waals surface area contributed by atoms with Crippen LogP contribution in [0.15, 0.2) is 48.5 Å². The molecule has 1 saturated heterocycles. The van der Waals surface area contributed by atoms with Crippen LogP contribution < -0.4 is 10.6 Å². The van der Waals surface area contributed by atoms with E-state index in [1.165, 1.54) is 0 Å². The summed E-state index contributed by atoms with van der Waals surface area (Å²) >= 11 is 0. The number of fused-ring (bicyclic) bond motifs is 3. The third kappa shape index (κ3) is 5.22. The highest BCUT2D eigenvalue weighted by Crippen LogP contribution is 2.44. The molecular weight excluding hydrogens is 436 g/mol. The van der Waals surface area contributed by atoms with Crippen molar-refractivity contribution in [2.75, 3.05) is 13.2 Å². The third-order valence-corrected chi connectivity index (χ3v) is 6.40. The zero-order chi connectivity index (χ0) is 24.1. The number of amides is 2. The topological polar surface area (TPSA) is 114 Å². The van der Waals surface area contributed by atoms with Gasteiger partial charge in [-0.25, -0.2) is 4.79 Å². The second kappa shape index (κ2) is 10.7. The molecule has 0 saturated carbocycles. The Morgan fingerprint density at radius 1 is 1.09 bits per heavy atom. The van der Waals surface area contributed by atoms with Crippen LogP contribution in [0.25, 0.3) is 11.1 Å². The van der Waals surface area contributed by atoms with Crippen LogP contribution in [0, 0.1) is 0 Å². The third-order valence-electron chi connectivity index (χ3n) is 6.40. The Labute approximate surface area is 198 Å². The number of hydrogen-bond donors (Lipinski definition) is 3. The van der Waals surface area contributed by atoms with Gasteiger partial charge in [0.25, 0.3) is 5.91 Å². The number of carboxylic acid groups (broad SMARTS) is 1. The molecule has 2 aliphatic rings. The van der Waals surface area contributed by atoms with Gasteiger partial charge in [-0.15, -0.1) is 0 Å². The fourth-order valence-electron chi connectivity index (χ4n) is 4.86. The molecule has 0 bridgehead atoms. The van der Waals surface area contributed by atoms with Gasteiger partial charge in [0.05, 0.1) is 12.5 Å². The lowest BCUT2D eigenvalue weighted by atomic mass is 9.98. The lowest BCUT2D eigenvalue weighted by molar-refractivity contribution is -0.138. The molecule has 2 aromatic carbocycles. The van der Waals surface area contributed by atoms with Crippen molar-refractivity contribution >= 4 is 18.0 Å². The summed E-state index contributed by atoms with van der Waals surface area (Å²) in [6, 6.07) is 15.2. The summed E-state index contributed by atoms with van der Waals surface area (Å²) < 4.78 is 11.1.